The summed E-state index contributed by atoms with van der Waals surface area (Å²) in [4.78, 5) is 12.5. The van der Waals surface area contributed by atoms with Gasteiger partial charge in [-0.3, -0.25) is 0 Å². The number of rotatable bonds is 8. The van der Waals surface area contributed by atoms with Crippen LogP contribution in [0.4, 0.5) is 11.5 Å². The number of hydrogen-bond donors (Lipinski definition) is 1. The largest absolute Gasteiger partial charge is 0.491 e. The van der Waals surface area contributed by atoms with E-state index in [2.05, 4.69) is 20.9 Å². The van der Waals surface area contributed by atoms with Crippen LogP contribution < -0.4 is 10.5 Å². The average Bonchev–Trinajstić information content (AvgIpc) is 3.56. The third kappa shape index (κ3) is 6.06. The fourth-order valence-corrected chi connectivity index (χ4v) is 5.16. The second kappa shape index (κ2) is 11.6. The first-order valence-electron chi connectivity index (χ1n) is 12.3. The van der Waals surface area contributed by atoms with Crippen molar-refractivity contribution in [1.82, 2.24) is 9.97 Å². The Morgan fingerprint density at radius 1 is 1.18 bits per heavy atom. The molecule has 0 amide bonds. The van der Waals surface area contributed by atoms with Crippen molar-refractivity contribution in [3.8, 4) is 34.4 Å². The van der Waals surface area contributed by atoms with E-state index in [-0.39, 0.29) is 23.2 Å². The van der Waals surface area contributed by atoms with Gasteiger partial charge in [-0.2, -0.15) is 5.26 Å². The van der Waals surface area contributed by atoms with Crippen molar-refractivity contribution in [2.75, 3.05) is 18.9 Å². The van der Waals surface area contributed by atoms with Gasteiger partial charge in [-0.1, -0.05) is 35.5 Å². The molecule has 2 aromatic heterocycles. The van der Waals surface area contributed by atoms with Crippen LogP contribution in [0.1, 0.15) is 25.1 Å². The number of nitrogens with two attached hydrogens (primary N) is 1. The Bertz CT molecular complexity index is 1610. The van der Waals surface area contributed by atoms with Gasteiger partial charge in [-0.25, -0.2) is 14.8 Å². The molecule has 4 aromatic rings. The number of pyridine rings is 1. The molecule has 40 heavy (non-hydrogen) atoms. The number of aromatic nitrogens is 2. The van der Waals surface area contributed by atoms with Crippen LogP contribution in [0.3, 0.4) is 0 Å². The Labute approximate surface area is 240 Å². The molecule has 5 rings (SSSR count). The first kappa shape index (κ1) is 27.5. The molecule has 0 radical (unpaired) electrons. The van der Waals surface area contributed by atoms with Crippen molar-refractivity contribution in [1.29, 1.82) is 5.26 Å². The summed E-state index contributed by atoms with van der Waals surface area (Å²) >= 11 is 7.26. The van der Waals surface area contributed by atoms with Crippen LogP contribution in [0.2, 0.25) is 5.02 Å². The number of nitrogens with zero attached hydrogens (tertiary/aromatic N) is 4. The molecule has 2 aromatic carbocycles. The number of ether oxygens (including phenoxy) is 3. The highest BCUT2D eigenvalue weighted by atomic mass is 35.5. The van der Waals surface area contributed by atoms with Crippen LogP contribution >= 0.6 is 23.4 Å². The van der Waals surface area contributed by atoms with E-state index in [0.29, 0.717) is 57.5 Å². The molecule has 0 bridgehead atoms. The summed E-state index contributed by atoms with van der Waals surface area (Å²) in [6, 6.07) is 16.5. The Kier molecular flexibility index (Phi) is 7.97. The van der Waals surface area contributed by atoms with Gasteiger partial charge < -0.3 is 24.4 Å². The molecule has 3 heterocycles. The molecular formula is C29H24ClN5O4S. The topological polar surface area (TPSA) is 121 Å². The molecule has 1 aliphatic heterocycles. The van der Waals surface area contributed by atoms with E-state index in [1.165, 1.54) is 11.8 Å². The molecule has 9 nitrogen and oxygen atoms in total. The first-order chi connectivity index (χ1) is 19.3. The summed E-state index contributed by atoms with van der Waals surface area (Å²) in [7, 11) is 0. The Hall–Kier alpha value is -4.06. The van der Waals surface area contributed by atoms with Crippen LogP contribution in [0, 0.1) is 17.9 Å². The van der Waals surface area contributed by atoms with Crippen LogP contribution in [0.25, 0.3) is 27.4 Å². The number of anilines is 1. The predicted octanol–water partition coefficient (Wildman–Crippen LogP) is 6.88. The normalized spacial score (nSPS) is 15.9. The Morgan fingerprint density at radius 3 is 2.55 bits per heavy atom. The van der Waals surface area contributed by atoms with Crippen molar-refractivity contribution in [2.45, 2.75) is 36.5 Å². The Morgan fingerprint density at radius 2 is 1.90 bits per heavy atom. The third-order valence-corrected chi connectivity index (χ3v) is 7.30. The van der Waals surface area contributed by atoms with E-state index in [0.717, 1.165) is 5.56 Å². The van der Waals surface area contributed by atoms with Crippen molar-refractivity contribution >= 4 is 34.9 Å². The second-order valence-corrected chi connectivity index (χ2v) is 10.8. The van der Waals surface area contributed by atoms with Gasteiger partial charge in [0.1, 0.15) is 41.6 Å². The summed E-state index contributed by atoms with van der Waals surface area (Å²) in [6.07, 6.45) is 1.39. The van der Waals surface area contributed by atoms with Crippen molar-refractivity contribution in [3.63, 3.8) is 0 Å². The number of nitriles is 1. The van der Waals surface area contributed by atoms with Crippen LogP contribution in [-0.2, 0) is 15.2 Å². The smallest absolute Gasteiger partial charge is 0.236 e. The maximum atomic E-state index is 10.1. The second-order valence-electron chi connectivity index (χ2n) is 9.35. The molecule has 1 saturated heterocycles. The van der Waals surface area contributed by atoms with E-state index < -0.39 is 5.79 Å². The molecule has 2 N–H and O–H groups in total. The van der Waals surface area contributed by atoms with Gasteiger partial charge in [-0.05, 0) is 55.8 Å². The lowest BCUT2D eigenvalue weighted by molar-refractivity contribution is -0.141. The van der Waals surface area contributed by atoms with E-state index >= 15 is 0 Å². The zero-order valence-electron chi connectivity index (χ0n) is 21.7. The summed E-state index contributed by atoms with van der Waals surface area (Å²) < 4.78 is 22.8. The highest BCUT2D eigenvalue weighted by Gasteiger charge is 2.33. The number of thioether (sulfide) groups is 1. The molecular weight excluding hydrogens is 550 g/mol. The molecule has 1 atom stereocenters. The van der Waals surface area contributed by atoms with E-state index in [1.54, 1.807) is 42.7 Å². The number of benzene rings is 2. The summed E-state index contributed by atoms with van der Waals surface area (Å²) in [6.45, 7) is 12.2. The fraction of sp³-hybridized carbons (Fsp3) is 0.241. The standard InChI is InChI=1S/C29H24ClN5O4S/c1-29(2)38-15-22(39-29)14-36-21-10-6-17(7-11-21)24-23(12-31)28(35-26(32)25(24)33-3)40-16-20-13-37-27(34-20)18-4-8-19(30)9-5-18/h4-11,13,22H,14-16H2,1-2H3,(H2,32,35)/t22-/m0/s1. The minimum atomic E-state index is -0.620. The van der Waals surface area contributed by atoms with Crippen molar-refractivity contribution in [2.24, 2.45) is 0 Å². The molecule has 0 spiro atoms. The maximum Gasteiger partial charge on any atom is 0.236 e. The van der Waals surface area contributed by atoms with E-state index in [4.69, 9.17) is 42.5 Å². The minimum Gasteiger partial charge on any atom is -0.491 e. The lowest BCUT2D eigenvalue weighted by atomic mass is 10.00. The number of nitrogen functional groups attached to an aromatic ring is 1. The van der Waals surface area contributed by atoms with Gasteiger partial charge in [-0.15, -0.1) is 0 Å². The highest BCUT2D eigenvalue weighted by molar-refractivity contribution is 7.98. The number of halogens is 1. The molecule has 1 fully saturated rings. The SMILES string of the molecule is [C-]#[N+]c1c(N)nc(SCc2coc(-c3ccc(Cl)cc3)n2)c(C#N)c1-c1ccc(OC[C@H]2COC(C)(C)O2)cc1. The van der Waals surface area contributed by atoms with E-state index in [1.807, 2.05) is 26.0 Å². The monoisotopic (exact) mass is 573 g/mol. The molecule has 0 unspecified atom stereocenters. The lowest BCUT2D eigenvalue weighted by Crippen LogP contribution is -2.25. The fourth-order valence-electron chi connectivity index (χ4n) is 4.17. The Balaban J connectivity index is 1.35. The zero-order chi connectivity index (χ0) is 28.3. The third-order valence-electron chi connectivity index (χ3n) is 6.03. The van der Waals surface area contributed by atoms with Crippen molar-refractivity contribution < 1.29 is 18.6 Å². The van der Waals surface area contributed by atoms with Gasteiger partial charge in [0.05, 0.1) is 24.4 Å². The van der Waals surface area contributed by atoms with Gasteiger partial charge in [0.2, 0.25) is 11.6 Å². The predicted molar refractivity (Wildman–Crippen MR) is 152 cm³/mol. The average molecular weight is 574 g/mol. The quantitative estimate of drug-likeness (QED) is 0.177. The highest BCUT2D eigenvalue weighted by Crippen LogP contribution is 2.42. The maximum absolute atomic E-state index is 10.1. The molecule has 202 valence electrons. The summed E-state index contributed by atoms with van der Waals surface area (Å²) in [5.74, 6) is 0.896. The number of hydrogen-bond acceptors (Lipinski definition) is 9. The first-order valence-corrected chi connectivity index (χ1v) is 13.6. The molecule has 0 aliphatic carbocycles. The molecule has 0 saturated carbocycles. The van der Waals surface area contributed by atoms with Crippen LogP contribution in [-0.4, -0.2) is 35.1 Å². The minimum absolute atomic E-state index is 0.0508. The van der Waals surface area contributed by atoms with Crippen LogP contribution in [0.5, 0.6) is 5.75 Å². The van der Waals surface area contributed by atoms with Gasteiger partial charge in [0.25, 0.3) is 0 Å². The molecule has 11 heteroatoms. The molecule has 1 aliphatic rings. The van der Waals surface area contributed by atoms with E-state index in [9.17, 15) is 5.26 Å². The van der Waals surface area contributed by atoms with Gasteiger partial charge in [0, 0.05) is 21.9 Å². The zero-order valence-corrected chi connectivity index (χ0v) is 23.3. The number of oxazole rings is 1. The van der Waals surface area contributed by atoms with Gasteiger partial charge >= 0.3 is 0 Å². The lowest BCUT2D eigenvalue weighted by Gasteiger charge is -2.17. The van der Waals surface area contributed by atoms with Gasteiger partial charge in [0.15, 0.2) is 5.79 Å². The van der Waals surface area contributed by atoms with Crippen molar-refractivity contribution in [3.05, 3.63) is 82.5 Å². The summed E-state index contributed by atoms with van der Waals surface area (Å²) in [5, 5.41) is 11.1. The van der Waals surface area contributed by atoms with Crippen LogP contribution in [0.15, 0.2) is 64.2 Å². The summed E-state index contributed by atoms with van der Waals surface area (Å²) in [5.41, 5.74) is 9.11.